The SMILES string of the molecule is Cc1ccc(NC(=O)/C=C/c2ccc(Cl)cc2Cl)c([N+](=O)[O-])c1. The zero-order valence-electron chi connectivity index (χ0n) is 12.0. The molecule has 0 saturated heterocycles. The molecule has 0 fully saturated rings. The summed E-state index contributed by atoms with van der Waals surface area (Å²) in [6.45, 7) is 1.74. The highest BCUT2D eigenvalue weighted by molar-refractivity contribution is 6.35. The first-order valence-corrected chi connectivity index (χ1v) is 7.31. The molecule has 0 aromatic heterocycles. The van der Waals surface area contributed by atoms with Crippen LogP contribution in [-0.2, 0) is 4.79 Å². The fraction of sp³-hybridized carbons (Fsp3) is 0.0625. The number of nitro benzene ring substituents is 1. The smallest absolute Gasteiger partial charge is 0.293 e. The van der Waals surface area contributed by atoms with Gasteiger partial charge in [-0.3, -0.25) is 14.9 Å². The van der Waals surface area contributed by atoms with Crippen molar-refractivity contribution in [3.8, 4) is 0 Å². The fourth-order valence-corrected chi connectivity index (χ4v) is 2.35. The Morgan fingerprint density at radius 1 is 1.22 bits per heavy atom. The van der Waals surface area contributed by atoms with E-state index in [2.05, 4.69) is 5.32 Å². The zero-order valence-corrected chi connectivity index (χ0v) is 13.6. The van der Waals surface area contributed by atoms with Crippen molar-refractivity contribution in [3.05, 3.63) is 73.8 Å². The van der Waals surface area contributed by atoms with E-state index in [1.54, 1.807) is 31.2 Å². The van der Waals surface area contributed by atoms with E-state index < -0.39 is 10.8 Å². The van der Waals surface area contributed by atoms with Crippen LogP contribution in [0.25, 0.3) is 6.08 Å². The van der Waals surface area contributed by atoms with Gasteiger partial charge in [-0.15, -0.1) is 0 Å². The minimum Gasteiger partial charge on any atom is -0.317 e. The number of rotatable bonds is 4. The van der Waals surface area contributed by atoms with Gasteiger partial charge in [0.05, 0.1) is 4.92 Å². The summed E-state index contributed by atoms with van der Waals surface area (Å²) in [7, 11) is 0. The lowest BCUT2D eigenvalue weighted by Crippen LogP contribution is -2.09. The van der Waals surface area contributed by atoms with Gasteiger partial charge in [0, 0.05) is 22.2 Å². The largest absolute Gasteiger partial charge is 0.317 e. The minimum atomic E-state index is -0.539. The molecule has 2 aromatic rings. The number of nitro groups is 1. The van der Waals surface area contributed by atoms with Crippen LogP contribution in [0.4, 0.5) is 11.4 Å². The third-order valence-corrected chi connectivity index (χ3v) is 3.55. The van der Waals surface area contributed by atoms with Gasteiger partial charge in [0.15, 0.2) is 0 Å². The second-order valence-electron chi connectivity index (χ2n) is 4.77. The summed E-state index contributed by atoms with van der Waals surface area (Å²) in [6, 6.07) is 9.45. The highest BCUT2D eigenvalue weighted by Gasteiger charge is 2.14. The predicted molar refractivity (Wildman–Crippen MR) is 92.0 cm³/mol. The Kier molecular flexibility index (Phi) is 5.36. The summed E-state index contributed by atoms with van der Waals surface area (Å²) in [4.78, 5) is 22.4. The molecule has 0 unspecified atom stereocenters. The van der Waals surface area contributed by atoms with Crippen molar-refractivity contribution >= 4 is 46.6 Å². The molecule has 0 radical (unpaired) electrons. The lowest BCUT2D eigenvalue weighted by atomic mass is 10.2. The number of aryl methyl sites for hydroxylation is 1. The van der Waals surface area contributed by atoms with Crippen molar-refractivity contribution in [1.82, 2.24) is 0 Å². The molecule has 1 amide bonds. The number of benzene rings is 2. The molecule has 118 valence electrons. The number of halogens is 2. The molecule has 0 atom stereocenters. The molecule has 0 spiro atoms. The number of hydrogen-bond acceptors (Lipinski definition) is 3. The Balaban J connectivity index is 2.17. The van der Waals surface area contributed by atoms with Crippen molar-refractivity contribution < 1.29 is 9.72 Å². The molecule has 2 rings (SSSR count). The molecule has 2 aromatic carbocycles. The maximum atomic E-state index is 11.9. The molecule has 1 N–H and O–H groups in total. The first-order chi connectivity index (χ1) is 10.9. The number of nitrogens with zero attached hydrogens (tertiary/aromatic N) is 1. The second-order valence-corrected chi connectivity index (χ2v) is 5.61. The number of amides is 1. The van der Waals surface area contributed by atoms with Crippen molar-refractivity contribution in [1.29, 1.82) is 0 Å². The van der Waals surface area contributed by atoms with Crippen LogP contribution in [0.5, 0.6) is 0 Å². The average molecular weight is 351 g/mol. The van der Waals surface area contributed by atoms with Crippen molar-refractivity contribution in [2.24, 2.45) is 0 Å². The molecular formula is C16H12Cl2N2O3. The average Bonchev–Trinajstić information content (AvgIpc) is 2.48. The van der Waals surface area contributed by atoms with Crippen LogP contribution in [0.1, 0.15) is 11.1 Å². The maximum Gasteiger partial charge on any atom is 0.293 e. The molecule has 0 bridgehead atoms. The van der Waals surface area contributed by atoms with Gasteiger partial charge in [-0.25, -0.2) is 0 Å². The molecule has 5 nitrogen and oxygen atoms in total. The number of hydrogen-bond donors (Lipinski definition) is 1. The van der Waals surface area contributed by atoms with Crippen LogP contribution in [0.2, 0.25) is 10.0 Å². The molecule has 23 heavy (non-hydrogen) atoms. The quantitative estimate of drug-likeness (QED) is 0.486. The first-order valence-electron chi connectivity index (χ1n) is 6.56. The van der Waals surface area contributed by atoms with Crippen LogP contribution >= 0.6 is 23.2 Å². The topological polar surface area (TPSA) is 72.2 Å². The van der Waals surface area contributed by atoms with E-state index in [1.807, 2.05) is 0 Å². The predicted octanol–water partition coefficient (Wildman–Crippen LogP) is 4.86. The highest BCUT2D eigenvalue weighted by Crippen LogP contribution is 2.25. The van der Waals surface area contributed by atoms with Crippen LogP contribution in [0, 0.1) is 17.0 Å². The monoisotopic (exact) mass is 350 g/mol. The summed E-state index contributed by atoms with van der Waals surface area (Å²) in [5.41, 5.74) is 1.33. The first kappa shape index (κ1) is 17.0. The van der Waals surface area contributed by atoms with Gasteiger partial charge in [0.1, 0.15) is 5.69 Å². The summed E-state index contributed by atoms with van der Waals surface area (Å²) in [6.07, 6.45) is 2.76. The lowest BCUT2D eigenvalue weighted by molar-refractivity contribution is -0.384. The molecule has 7 heteroatoms. The van der Waals surface area contributed by atoms with E-state index in [4.69, 9.17) is 23.2 Å². The van der Waals surface area contributed by atoms with Gasteiger partial charge in [-0.1, -0.05) is 35.3 Å². The standard InChI is InChI=1S/C16H12Cl2N2O3/c1-10-2-6-14(15(8-10)20(22)23)19-16(21)7-4-11-3-5-12(17)9-13(11)18/h2-9H,1H3,(H,19,21)/b7-4+. The lowest BCUT2D eigenvalue weighted by Gasteiger charge is -2.04. The molecule has 0 heterocycles. The van der Waals surface area contributed by atoms with Crippen molar-refractivity contribution in [3.63, 3.8) is 0 Å². The van der Waals surface area contributed by atoms with Gasteiger partial charge in [-0.05, 0) is 42.3 Å². The van der Waals surface area contributed by atoms with Gasteiger partial charge < -0.3 is 5.32 Å². The summed E-state index contributed by atoms with van der Waals surface area (Å²) >= 11 is 11.8. The third-order valence-electron chi connectivity index (χ3n) is 2.98. The van der Waals surface area contributed by atoms with Crippen molar-refractivity contribution in [2.45, 2.75) is 6.92 Å². The molecule has 0 aliphatic carbocycles. The fourth-order valence-electron chi connectivity index (χ4n) is 1.87. The van der Waals surface area contributed by atoms with Crippen LogP contribution < -0.4 is 5.32 Å². The number of anilines is 1. The van der Waals surface area contributed by atoms with E-state index in [-0.39, 0.29) is 11.4 Å². The van der Waals surface area contributed by atoms with Crippen LogP contribution in [0.15, 0.2) is 42.5 Å². The van der Waals surface area contributed by atoms with Crippen LogP contribution in [0.3, 0.4) is 0 Å². The summed E-state index contributed by atoms with van der Waals surface area (Å²) in [5.74, 6) is -0.497. The number of nitrogens with one attached hydrogen (secondary N) is 1. The molecular weight excluding hydrogens is 339 g/mol. The Labute approximate surface area is 142 Å². The van der Waals surface area contributed by atoms with E-state index in [0.29, 0.717) is 15.6 Å². The summed E-state index contributed by atoms with van der Waals surface area (Å²) in [5, 5.41) is 14.4. The summed E-state index contributed by atoms with van der Waals surface area (Å²) < 4.78 is 0. The minimum absolute atomic E-state index is 0.137. The second kappa shape index (κ2) is 7.26. The number of carbonyl (C=O) groups excluding carboxylic acids is 1. The highest BCUT2D eigenvalue weighted by atomic mass is 35.5. The van der Waals surface area contributed by atoms with Gasteiger partial charge in [0.25, 0.3) is 5.69 Å². The van der Waals surface area contributed by atoms with E-state index in [0.717, 1.165) is 5.56 Å². The Morgan fingerprint density at radius 3 is 2.61 bits per heavy atom. The molecule has 0 aliphatic rings. The van der Waals surface area contributed by atoms with E-state index in [9.17, 15) is 14.9 Å². The Hall–Kier alpha value is -2.37. The zero-order chi connectivity index (χ0) is 17.0. The maximum absolute atomic E-state index is 11.9. The Bertz CT molecular complexity index is 804. The van der Waals surface area contributed by atoms with Crippen molar-refractivity contribution in [2.75, 3.05) is 5.32 Å². The van der Waals surface area contributed by atoms with E-state index >= 15 is 0 Å². The van der Waals surface area contributed by atoms with Gasteiger partial charge >= 0.3 is 0 Å². The number of carbonyl (C=O) groups is 1. The normalized spacial score (nSPS) is 10.7. The van der Waals surface area contributed by atoms with Gasteiger partial charge in [0.2, 0.25) is 5.91 Å². The molecule has 0 aliphatic heterocycles. The Morgan fingerprint density at radius 2 is 1.96 bits per heavy atom. The van der Waals surface area contributed by atoms with Crippen LogP contribution in [-0.4, -0.2) is 10.8 Å². The van der Waals surface area contributed by atoms with Gasteiger partial charge in [-0.2, -0.15) is 0 Å². The third kappa shape index (κ3) is 4.55. The molecule has 0 saturated carbocycles. The van der Waals surface area contributed by atoms with E-state index in [1.165, 1.54) is 24.3 Å².